The molecule has 0 atom stereocenters. The Hall–Kier alpha value is -0.670. The summed E-state index contributed by atoms with van der Waals surface area (Å²) >= 11 is 2.06. The highest BCUT2D eigenvalue weighted by Crippen LogP contribution is 2.14. The van der Waals surface area contributed by atoms with E-state index in [4.69, 9.17) is 0 Å². The van der Waals surface area contributed by atoms with E-state index in [9.17, 15) is 0 Å². The minimum atomic E-state index is 0. The van der Waals surface area contributed by atoms with Crippen LogP contribution in [-0.2, 0) is 12.4 Å². The van der Waals surface area contributed by atoms with E-state index in [0.29, 0.717) is 0 Å². The first-order chi connectivity index (χ1) is 10.4. The zero-order valence-electron chi connectivity index (χ0n) is 13.9. The van der Waals surface area contributed by atoms with Crippen LogP contribution >= 0.6 is 11.8 Å². The third kappa shape index (κ3) is 5.51. The molecular weight excluding hydrogens is 312 g/mol. The number of hydrogen-bond acceptors (Lipinski definition) is 1. The number of thioether (sulfide) groups is 1. The molecule has 0 aliphatic heterocycles. The smallest absolute Gasteiger partial charge is 0.245 e. The lowest BCUT2D eigenvalue weighted by Gasteiger charge is -2.01. The quantitative estimate of drug-likeness (QED) is 0.474. The van der Waals surface area contributed by atoms with Crippen LogP contribution in [-0.4, -0.2) is 10.3 Å². The maximum absolute atomic E-state index is 2.39. The van der Waals surface area contributed by atoms with Crippen molar-refractivity contribution in [3.63, 3.8) is 0 Å². The fourth-order valence-electron chi connectivity index (χ4n) is 2.74. The number of nitrogens with zero attached hydrogens (tertiary/aromatic N) is 2. The number of fused-ring (bicyclic) bond motifs is 1. The van der Waals surface area contributed by atoms with Crippen LogP contribution in [0.2, 0.25) is 0 Å². The number of rotatable bonds is 10. The van der Waals surface area contributed by atoms with Crippen molar-refractivity contribution in [2.75, 3.05) is 5.75 Å². The van der Waals surface area contributed by atoms with Crippen LogP contribution in [0.1, 0.15) is 52.4 Å². The summed E-state index contributed by atoms with van der Waals surface area (Å²) in [6.45, 7) is 5.52. The van der Waals surface area contributed by atoms with Crippen LogP contribution in [0.4, 0.5) is 0 Å². The molecule has 0 spiro atoms. The van der Waals surface area contributed by atoms with E-state index in [2.05, 4.69) is 65.3 Å². The van der Waals surface area contributed by atoms with Gasteiger partial charge in [-0.2, -0.15) is 0 Å². The number of unbranched alkanes of at least 4 members (excludes halogenated alkanes) is 5. The minimum absolute atomic E-state index is 0. The minimum Gasteiger partial charge on any atom is -1.00 e. The van der Waals surface area contributed by atoms with Gasteiger partial charge in [-0.3, -0.25) is 0 Å². The average Bonchev–Trinajstić information content (AvgIpc) is 2.88. The van der Waals surface area contributed by atoms with E-state index in [1.54, 1.807) is 0 Å². The van der Waals surface area contributed by atoms with E-state index in [-0.39, 0.29) is 12.4 Å². The Morgan fingerprint density at radius 2 is 1.73 bits per heavy atom. The molecule has 124 valence electrons. The number of imidazole rings is 1. The van der Waals surface area contributed by atoms with Crippen molar-refractivity contribution in [2.24, 2.45) is 0 Å². The van der Waals surface area contributed by atoms with Crippen molar-refractivity contribution in [1.82, 2.24) is 4.57 Å². The van der Waals surface area contributed by atoms with Crippen molar-refractivity contribution in [1.29, 1.82) is 0 Å². The molecule has 1 aromatic carbocycles. The van der Waals surface area contributed by atoms with E-state index < -0.39 is 0 Å². The number of para-hydroxylation sites is 2. The molecule has 2 rings (SSSR count). The first kappa shape index (κ1) is 19.4. The van der Waals surface area contributed by atoms with E-state index in [1.807, 2.05) is 0 Å². The fraction of sp³-hybridized carbons (Fsp3) is 0.611. The van der Waals surface area contributed by atoms with Gasteiger partial charge < -0.3 is 12.4 Å². The Bertz CT molecular complexity index is 539. The molecule has 0 radical (unpaired) electrons. The third-order valence-corrected chi connectivity index (χ3v) is 5.03. The molecule has 1 aromatic heterocycles. The Morgan fingerprint density at radius 1 is 1.00 bits per heavy atom. The maximum atomic E-state index is 2.39. The normalized spacial score (nSPS) is 10.8. The monoisotopic (exact) mass is 340 g/mol. The van der Waals surface area contributed by atoms with Crippen LogP contribution in [0.5, 0.6) is 0 Å². The van der Waals surface area contributed by atoms with E-state index in [1.165, 1.54) is 55.3 Å². The Balaban J connectivity index is 0.00000242. The van der Waals surface area contributed by atoms with Crippen LogP contribution in [0.25, 0.3) is 11.0 Å². The van der Waals surface area contributed by atoms with Crippen LogP contribution in [0.3, 0.4) is 0 Å². The van der Waals surface area contributed by atoms with E-state index in [0.717, 1.165) is 12.4 Å². The van der Waals surface area contributed by atoms with Gasteiger partial charge in [0.05, 0.1) is 6.54 Å². The first-order valence-corrected chi connectivity index (χ1v) is 9.57. The van der Waals surface area contributed by atoms with Crippen molar-refractivity contribution in [2.45, 2.75) is 64.8 Å². The third-order valence-electron chi connectivity index (χ3n) is 3.99. The van der Waals surface area contributed by atoms with Crippen LogP contribution < -0.4 is 17.0 Å². The van der Waals surface area contributed by atoms with Gasteiger partial charge in [0.25, 0.3) is 0 Å². The predicted molar refractivity (Wildman–Crippen MR) is 93.6 cm³/mol. The Labute approximate surface area is 145 Å². The van der Waals surface area contributed by atoms with Gasteiger partial charge in [-0.1, -0.05) is 51.2 Å². The molecule has 0 aliphatic rings. The maximum Gasteiger partial charge on any atom is 0.245 e. The SMILES string of the molecule is CCCCCCCCSC[n+]1cn(CC)c2ccccc21.[Cl-]. The average molecular weight is 341 g/mol. The highest BCUT2D eigenvalue weighted by molar-refractivity contribution is 7.98. The molecule has 1 heterocycles. The lowest BCUT2D eigenvalue weighted by atomic mass is 10.1. The fourth-order valence-corrected chi connectivity index (χ4v) is 3.68. The topological polar surface area (TPSA) is 8.81 Å². The summed E-state index contributed by atoms with van der Waals surface area (Å²) < 4.78 is 4.72. The molecule has 0 unspecified atom stereocenters. The molecule has 4 heteroatoms. The second-order valence-corrected chi connectivity index (χ2v) is 6.74. The summed E-state index contributed by atoms with van der Waals surface area (Å²) in [5.41, 5.74) is 2.70. The van der Waals surface area contributed by atoms with Gasteiger partial charge in [0.15, 0.2) is 11.0 Å². The zero-order chi connectivity index (χ0) is 14.9. The molecule has 0 aliphatic carbocycles. The van der Waals surface area contributed by atoms with Crippen molar-refractivity contribution >= 4 is 22.8 Å². The first-order valence-electron chi connectivity index (χ1n) is 8.41. The predicted octanol–water partition coefficient (Wildman–Crippen LogP) is 2.00. The summed E-state index contributed by atoms with van der Waals surface area (Å²) in [6.07, 6.45) is 10.6. The molecule has 0 saturated carbocycles. The summed E-state index contributed by atoms with van der Waals surface area (Å²) in [7, 11) is 0. The van der Waals surface area contributed by atoms with Crippen LogP contribution in [0.15, 0.2) is 30.6 Å². The summed E-state index contributed by atoms with van der Waals surface area (Å²) in [5, 5.41) is 0. The molecular formula is C18H29ClN2S. The number of hydrogen-bond donors (Lipinski definition) is 0. The van der Waals surface area contributed by atoms with Gasteiger partial charge in [-0.15, -0.1) is 11.8 Å². The molecule has 22 heavy (non-hydrogen) atoms. The van der Waals surface area contributed by atoms with Crippen molar-refractivity contribution in [3.05, 3.63) is 30.6 Å². The standard InChI is InChI=1S/C18H29N2S.ClH/c1-3-5-6-7-8-11-14-21-16-20-15-19(4-2)17-12-9-10-13-18(17)20;/h9-10,12-13,15H,3-8,11,14,16H2,1-2H3;1H/q+1;/p-1. The summed E-state index contributed by atoms with van der Waals surface area (Å²) in [4.78, 5) is 0. The molecule has 0 fully saturated rings. The highest BCUT2D eigenvalue weighted by atomic mass is 35.5. The Morgan fingerprint density at radius 3 is 2.50 bits per heavy atom. The second-order valence-electron chi connectivity index (χ2n) is 5.67. The van der Waals surface area contributed by atoms with Gasteiger partial charge in [-0.25, -0.2) is 9.13 Å². The van der Waals surface area contributed by atoms with Gasteiger partial charge in [0.2, 0.25) is 6.33 Å². The number of halogens is 1. The lowest BCUT2D eigenvalue weighted by molar-refractivity contribution is -0.650. The second kappa shape index (κ2) is 11.0. The zero-order valence-corrected chi connectivity index (χ0v) is 15.5. The molecule has 0 amide bonds. The summed E-state index contributed by atoms with van der Waals surface area (Å²) in [6, 6.07) is 8.71. The summed E-state index contributed by atoms with van der Waals surface area (Å²) in [5.74, 6) is 2.35. The van der Waals surface area contributed by atoms with E-state index >= 15 is 0 Å². The van der Waals surface area contributed by atoms with Gasteiger partial charge >= 0.3 is 0 Å². The molecule has 0 saturated heterocycles. The van der Waals surface area contributed by atoms with Gasteiger partial charge in [0.1, 0.15) is 5.88 Å². The number of benzene rings is 1. The highest BCUT2D eigenvalue weighted by Gasteiger charge is 2.13. The van der Waals surface area contributed by atoms with Gasteiger partial charge in [0, 0.05) is 0 Å². The lowest BCUT2D eigenvalue weighted by Crippen LogP contribution is -3.00. The molecule has 0 bridgehead atoms. The van der Waals surface area contributed by atoms with Crippen molar-refractivity contribution < 1.29 is 17.0 Å². The number of aryl methyl sites for hydroxylation is 1. The Kier molecular flexibility index (Phi) is 9.65. The largest absolute Gasteiger partial charge is 1.00 e. The number of aromatic nitrogens is 2. The molecule has 0 N–H and O–H groups in total. The van der Waals surface area contributed by atoms with Crippen molar-refractivity contribution in [3.8, 4) is 0 Å². The molecule has 2 aromatic rings. The molecule has 2 nitrogen and oxygen atoms in total. The van der Waals surface area contributed by atoms with Gasteiger partial charge in [-0.05, 0) is 31.2 Å². The van der Waals surface area contributed by atoms with Crippen LogP contribution in [0, 0.1) is 0 Å².